The summed E-state index contributed by atoms with van der Waals surface area (Å²) in [5.41, 5.74) is 9.17. The van der Waals surface area contributed by atoms with Gasteiger partial charge in [0.05, 0.1) is 5.56 Å². The molecule has 0 radical (unpaired) electrons. The summed E-state index contributed by atoms with van der Waals surface area (Å²) in [7, 11) is 0. The molecule has 0 fully saturated rings. The van der Waals surface area contributed by atoms with Crippen molar-refractivity contribution < 1.29 is 9.90 Å². The highest BCUT2D eigenvalue weighted by Crippen LogP contribution is 2.46. The zero-order valence-corrected chi connectivity index (χ0v) is 18.1. The molecule has 0 aliphatic heterocycles. The van der Waals surface area contributed by atoms with Crippen LogP contribution in [0, 0.1) is 5.41 Å². The minimum Gasteiger partial charge on any atom is -0.478 e. The van der Waals surface area contributed by atoms with Gasteiger partial charge in [-0.2, -0.15) is 0 Å². The Hall–Kier alpha value is -1.95. The largest absolute Gasteiger partial charge is 0.478 e. The quantitative estimate of drug-likeness (QED) is 0.446. The van der Waals surface area contributed by atoms with Crippen LogP contribution in [0.4, 0.5) is 0 Å². The maximum absolute atomic E-state index is 12.3. The number of aryl methyl sites for hydroxylation is 1. The molecule has 2 aliphatic carbocycles. The van der Waals surface area contributed by atoms with Crippen molar-refractivity contribution >= 4 is 22.9 Å². The van der Waals surface area contributed by atoms with Gasteiger partial charge in [0, 0.05) is 16.3 Å². The average molecular weight is 411 g/mol. The molecule has 154 valence electrons. The second kappa shape index (κ2) is 8.05. The summed E-state index contributed by atoms with van der Waals surface area (Å²) in [6.07, 6.45) is 9.97. The van der Waals surface area contributed by atoms with E-state index in [4.69, 9.17) is 5.84 Å². The zero-order valence-electron chi connectivity index (χ0n) is 17.3. The van der Waals surface area contributed by atoms with Crippen LogP contribution in [-0.2, 0) is 19.4 Å². The number of hydrazine groups is 1. The molecule has 0 bridgehead atoms. The lowest BCUT2D eigenvalue weighted by Crippen LogP contribution is -2.22. The van der Waals surface area contributed by atoms with Crippen molar-refractivity contribution in [2.45, 2.75) is 65.3 Å². The van der Waals surface area contributed by atoms with Gasteiger partial charge in [0.15, 0.2) is 0 Å². The number of hydrogen-bond donors (Lipinski definition) is 3. The summed E-state index contributed by atoms with van der Waals surface area (Å²) >= 11 is 1.66. The normalized spacial score (nSPS) is 18.2. The average Bonchev–Trinajstić information content (AvgIpc) is 3.06. The van der Waals surface area contributed by atoms with Crippen LogP contribution >= 0.6 is 11.3 Å². The Balaban J connectivity index is 1.83. The van der Waals surface area contributed by atoms with Crippen molar-refractivity contribution in [1.82, 2.24) is 5.43 Å². The van der Waals surface area contributed by atoms with E-state index in [0.29, 0.717) is 12.1 Å². The number of carboxylic acid groups (broad SMARTS) is 1. The van der Waals surface area contributed by atoms with Crippen molar-refractivity contribution in [2.24, 2.45) is 11.3 Å². The van der Waals surface area contributed by atoms with E-state index in [0.717, 1.165) is 53.7 Å². The van der Waals surface area contributed by atoms with E-state index < -0.39 is 5.97 Å². The highest BCUT2D eigenvalue weighted by atomic mass is 32.1. The first kappa shape index (κ1) is 20.3. The molecule has 0 saturated carbocycles. The van der Waals surface area contributed by atoms with Crippen LogP contribution in [0.25, 0.3) is 16.0 Å². The fourth-order valence-corrected chi connectivity index (χ4v) is 6.08. The van der Waals surface area contributed by atoms with Crippen LogP contribution in [-0.4, -0.2) is 11.1 Å². The molecule has 0 spiro atoms. The summed E-state index contributed by atoms with van der Waals surface area (Å²) in [6, 6.07) is 6.45. The van der Waals surface area contributed by atoms with Crippen LogP contribution in [0.1, 0.15) is 77.9 Å². The summed E-state index contributed by atoms with van der Waals surface area (Å²) in [6.45, 7) is 4.98. The first-order chi connectivity index (χ1) is 13.9. The number of carbonyl (C=O) groups is 1. The van der Waals surface area contributed by atoms with Gasteiger partial charge in [-0.1, -0.05) is 32.1 Å². The maximum atomic E-state index is 12.3. The SMILES string of the molecule is CC1(C)CCc2sc(-c3ccc(C4=CCCCC4)cc3CNN)c(C(=O)O)c2C1. The number of nitrogens with one attached hydrogen (secondary N) is 1. The lowest BCUT2D eigenvalue weighted by atomic mass is 9.76. The first-order valence-electron chi connectivity index (χ1n) is 10.5. The number of rotatable bonds is 5. The van der Waals surface area contributed by atoms with E-state index in [1.165, 1.54) is 28.9 Å². The molecule has 1 aromatic heterocycles. The molecule has 5 heteroatoms. The maximum Gasteiger partial charge on any atom is 0.337 e. The lowest BCUT2D eigenvalue weighted by molar-refractivity contribution is 0.0696. The third-order valence-electron chi connectivity index (χ3n) is 6.29. The third kappa shape index (κ3) is 4.04. The molecular weight excluding hydrogens is 380 g/mol. The minimum atomic E-state index is -0.819. The summed E-state index contributed by atoms with van der Waals surface area (Å²) in [4.78, 5) is 14.4. The van der Waals surface area contributed by atoms with Gasteiger partial charge in [-0.05, 0) is 84.3 Å². The van der Waals surface area contributed by atoms with Gasteiger partial charge in [-0.25, -0.2) is 4.79 Å². The number of aromatic carboxylic acids is 1. The Bertz CT molecular complexity index is 972. The number of fused-ring (bicyclic) bond motifs is 1. The van der Waals surface area contributed by atoms with Gasteiger partial charge in [0.2, 0.25) is 0 Å². The molecule has 2 aliphatic rings. The fourth-order valence-electron chi connectivity index (χ4n) is 4.71. The third-order valence-corrected chi connectivity index (χ3v) is 7.62. The second-order valence-corrected chi connectivity index (χ2v) is 10.2. The van der Waals surface area contributed by atoms with E-state index in [-0.39, 0.29) is 5.41 Å². The zero-order chi connectivity index (χ0) is 20.6. The minimum absolute atomic E-state index is 0.147. The number of hydrogen-bond acceptors (Lipinski definition) is 4. The number of thiophene rings is 1. The summed E-state index contributed by atoms with van der Waals surface area (Å²) in [5, 5.41) is 10.1. The molecule has 0 atom stereocenters. The smallest absolute Gasteiger partial charge is 0.337 e. The molecule has 1 aromatic carbocycles. The highest BCUT2D eigenvalue weighted by molar-refractivity contribution is 7.16. The van der Waals surface area contributed by atoms with Gasteiger partial charge in [-0.3, -0.25) is 11.3 Å². The Morgan fingerprint density at radius 1 is 1.28 bits per heavy atom. The van der Waals surface area contributed by atoms with Crippen molar-refractivity contribution in [2.75, 3.05) is 0 Å². The number of benzene rings is 1. The molecule has 2 aromatic rings. The number of nitrogens with two attached hydrogens (primary N) is 1. The van der Waals surface area contributed by atoms with E-state index in [1.807, 2.05) is 0 Å². The fraction of sp³-hybridized carbons (Fsp3) is 0.458. The van der Waals surface area contributed by atoms with Gasteiger partial charge < -0.3 is 5.11 Å². The Morgan fingerprint density at radius 3 is 2.79 bits per heavy atom. The molecule has 1 heterocycles. The predicted molar refractivity (Wildman–Crippen MR) is 120 cm³/mol. The summed E-state index contributed by atoms with van der Waals surface area (Å²) in [5.74, 6) is 4.87. The Labute approximate surface area is 176 Å². The van der Waals surface area contributed by atoms with Crippen LogP contribution < -0.4 is 11.3 Å². The molecule has 0 amide bonds. The first-order valence-corrected chi connectivity index (χ1v) is 11.4. The van der Waals surface area contributed by atoms with Gasteiger partial charge in [0.1, 0.15) is 0 Å². The number of carboxylic acids is 1. The van der Waals surface area contributed by atoms with Crippen LogP contribution in [0.3, 0.4) is 0 Å². The van der Waals surface area contributed by atoms with Crippen LogP contribution in [0.2, 0.25) is 0 Å². The van der Waals surface area contributed by atoms with Crippen LogP contribution in [0.5, 0.6) is 0 Å². The second-order valence-electron chi connectivity index (χ2n) is 9.08. The predicted octanol–water partition coefficient (Wildman–Crippen LogP) is 5.55. The van der Waals surface area contributed by atoms with Crippen molar-refractivity contribution in [3.8, 4) is 10.4 Å². The lowest BCUT2D eigenvalue weighted by Gasteiger charge is -2.29. The standard InChI is InChI=1S/C24H30N2O2S/c1-24(2)11-10-20-19(13-24)21(23(27)28)22(29-20)18-9-8-16(12-17(18)14-26-25)15-6-4-3-5-7-15/h6,8-9,12,26H,3-5,7,10-11,13-14,25H2,1-2H3,(H,27,28). The molecular formula is C24H30N2O2S. The van der Waals surface area contributed by atoms with E-state index in [9.17, 15) is 9.90 Å². The topological polar surface area (TPSA) is 75.3 Å². The molecule has 4 nitrogen and oxygen atoms in total. The highest BCUT2D eigenvalue weighted by Gasteiger charge is 2.33. The van der Waals surface area contributed by atoms with Crippen molar-refractivity contribution in [3.05, 3.63) is 51.4 Å². The molecule has 4 rings (SSSR count). The van der Waals surface area contributed by atoms with E-state index in [2.05, 4.69) is 43.5 Å². The molecule has 0 unspecified atom stereocenters. The number of allylic oxidation sites excluding steroid dienone is 2. The van der Waals surface area contributed by atoms with E-state index in [1.54, 1.807) is 11.3 Å². The van der Waals surface area contributed by atoms with Crippen molar-refractivity contribution in [1.29, 1.82) is 0 Å². The van der Waals surface area contributed by atoms with E-state index >= 15 is 0 Å². The monoisotopic (exact) mass is 410 g/mol. The van der Waals surface area contributed by atoms with Gasteiger partial charge >= 0.3 is 5.97 Å². The Kier molecular flexibility index (Phi) is 5.65. The van der Waals surface area contributed by atoms with Crippen molar-refractivity contribution in [3.63, 3.8) is 0 Å². The molecule has 29 heavy (non-hydrogen) atoms. The Morgan fingerprint density at radius 2 is 2.10 bits per heavy atom. The molecule has 4 N–H and O–H groups in total. The summed E-state index contributed by atoms with van der Waals surface area (Å²) < 4.78 is 0. The van der Waals surface area contributed by atoms with Gasteiger partial charge in [-0.15, -0.1) is 11.3 Å². The molecule has 0 saturated heterocycles. The van der Waals surface area contributed by atoms with Gasteiger partial charge in [0.25, 0.3) is 0 Å². The van der Waals surface area contributed by atoms with Crippen LogP contribution in [0.15, 0.2) is 24.3 Å².